The summed E-state index contributed by atoms with van der Waals surface area (Å²) < 4.78 is 33.6. The zero-order valence-corrected chi connectivity index (χ0v) is 17.7. The summed E-state index contributed by atoms with van der Waals surface area (Å²) in [5, 5.41) is 0. The zero-order valence-electron chi connectivity index (χ0n) is 16.9. The van der Waals surface area contributed by atoms with Crippen molar-refractivity contribution in [2.75, 3.05) is 32.5 Å². The van der Waals surface area contributed by atoms with Crippen LogP contribution in [0.3, 0.4) is 0 Å². The third-order valence-electron chi connectivity index (χ3n) is 5.17. The van der Waals surface area contributed by atoms with Crippen molar-refractivity contribution < 1.29 is 17.9 Å². The van der Waals surface area contributed by atoms with Crippen LogP contribution < -0.4 is 0 Å². The third-order valence-corrected chi connectivity index (χ3v) is 6.50. The maximum Gasteiger partial charge on any atom is 0.248 e. The Bertz CT molecular complexity index is 914. The summed E-state index contributed by atoms with van der Waals surface area (Å²) in [6.45, 7) is 4.07. The molecule has 3 rings (SSSR count). The topological polar surface area (TPSA) is 84.7 Å². The Morgan fingerprint density at radius 3 is 2.72 bits per heavy atom. The minimum Gasteiger partial charge on any atom is -0.367 e. The predicted octanol–water partition coefficient (Wildman–Crippen LogP) is 1.27. The van der Waals surface area contributed by atoms with Crippen molar-refractivity contribution in [3.05, 3.63) is 54.1 Å². The number of aryl methyl sites for hydroxylation is 1. The van der Waals surface area contributed by atoms with Crippen LogP contribution in [0, 0.1) is 6.92 Å². The maximum absolute atomic E-state index is 12.5. The van der Waals surface area contributed by atoms with E-state index in [4.69, 9.17) is 4.74 Å². The van der Waals surface area contributed by atoms with Gasteiger partial charge in [-0.1, -0.05) is 30.3 Å². The highest BCUT2D eigenvalue weighted by atomic mass is 32.2. The van der Waals surface area contributed by atoms with E-state index in [2.05, 4.69) is 4.98 Å². The van der Waals surface area contributed by atoms with Crippen LogP contribution in [-0.2, 0) is 32.7 Å². The second-order valence-electron chi connectivity index (χ2n) is 7.30. The number of nitrogens with zero attached hydrogens (tertiary/aromatic N) is 4. The largest absolute Gasteiger partial charge is 0.367 e. The predicted molar refractivity (Wildman–Crippen MR) is 110 cm³/mol. The summed E-state index contributed by atoms with van der Waals surface area (Å²) in [6.07, 6.45) is 5.39. The number of carbonyl (C=O) groups is 1. The van der Waals surface area contributed by atoms with Crippen LogP contribution in [0.5, 0.6) is 0 Å². The number of aromatic nitrogens is 2. The van der Waals surface area contributed by atoms with Gasteiger partial charge >= 0.3 is 0 Å². The van der Waals surface area contributed by atoms with Gasteiger partial charge in [0.05, 0.1) is 12.9 Å². The van der Waals surface area contributed by atoms with Crippen LogP contribution in [0.2, 0.25) is 0 Å². The number of imidazole rings is 1. The van der Waals surface area contributed by atoms with Gasteiger partial charge < -0.3 is 14.2 Å². The van der Waals surface area contributed by atoms with Crippen molar-refractivity contribution in [2.45, 2.75) is 32.5 Å². The lowest BCUT2D eigenvalue weighted by Crippen LogP contribution is -2.44. The van der Waals surface area contributed by atoms with Crippen molar-refractivity contribution in [2.24, 2.45) is 0 Å². The van der Waals surface area contributed by atoms with Crippen molar-refractivity contribution in [3.63, 3.8) is 0 Å². The average molecular weight is 421 g/mol. The van der Waals surface area contributed by atoms with E-state index in [1.54, 1.807) is 11.1 Å². The second-order valence-corrected chi connectivity index (χ2v) is 9.24. The Kier molecular flexibility index (Phi) is 7.05. The van der Waals surface area contributed by atoms with Gasteiger partial charge in [0, 0.05) is 44.6 Å². The Labute approximate surface area is 172 Å². The monoisotopic (exact) mass is 420 g/mol. The van der Waals surface area contributed by atoms with Gasteiger partial charge in [0.1, 0.15) is 12.4 Å². The maximum atomic E-state index is 12.5. The lowest BCUT2D eigenvalue weighted by atomic mass is 10.2. The Morgan fingerprint density at radius 2 is 2.07 bits per heavy atom. The van der Waals surface area contributed by atoms with Crippen LogP contribution in [0.15, 0.2) is 42.7 Å². The molecule has 1 aromatic carbocycles. The molecular formula is C20H28N4O4S. The van der Waals surface area contributed by atoms with Crippen molar-refractivity contribution in [1.29, 1.82) is 0 Å². The molecule has 2 heterocycles. The van der Waals surface area contributed by atoms with Gasteiger partial charge in [-0.2, -0.15) is 4.31 Å². The molecule has 158 valence electrons. The van der Waals surface area contributed by atoms with Crippen LogP contribution in [0.25, 0.3) is 0 Å². The van der Waals surface area contributed by atoms with E-state index in [0.717, 1.165) is 11.4 Å². The molecule has 1 fully saturated rings. The van der Waals surface area contributed by atoms with Crippen LogP contribution in [-0.4, -0.2) is 71.6 Å². The average Bonchev–Trinajstić information content (AvgIpc) is 3.31. The number of ether oxygens (including phenoxy) is 1. The summed E-state index contributed by atoms with van der Waals surface area (Å²) >= 11 is 0. The number of rotatable bonds is 9. The normalized spacial score (nSPS) is 17.2. The second kappa shape index (κ2) is 9.51. The molecule has 8 nitrogen and oxygen atoms in total. The van der Waals surface area contributed by atoms with E-state index < -0.39 is 10.0 Å². The van der Waals surface area contributed by atoms with E-state index in [9.17, 15) is 13.2 Å². The molecule has 1 unspecified atom stereocenters. The minimum absolute atomic E-state index is 0.00524. The number of hydrogen-bond donors (Lipinski definition) is 0. The van der Waals surface area contributed by atoms with Crippen molar-refractivity contribution in [1.82, 2.24) is 18.8 Å². The molecule has 1 aliphatic rings. The Balaban J connectivity index is 1.52. The molecule has 1 atom stereocenters. The number of hydrogen-bond acceptors (Lipinski definition) is 5. The fraction of sp³-hybridized carbons (Fsp3) is 0.500. The van der Waals surface area contributed by atoms with Gasteiger partial charge in [0.2, 0.25) is 15.9 Å². The molecule has 0 radical (unpaired) electrons. The summed E-state index contributed by atoms with van der Waals surface area (Å²) in [7, 11) is -3.39. The van der Waals surface area contributed by atoms with E-state index in [0.29, 0.717) is 39.2 Å². The molecule has 0 N–H and O–H groups in total. The molecule has 1 amide bonds. The number of benzene rings is 1. The molecule has 0 aliphatic carbocycles. The van der Waals surface area contributed by atoms with E-state index >= 15 is 0 Å². The van der Waals surface area contributed by atoms with Gasteiger partial charge in [-0.15, -0.1) is 0 Å². The zero-order chi connectivity index (χ0) is 20.9. The van der Waals surface area contributed by atoms with Gasteiger partial charge in [-0.05, 0) is 18.9 Å². The number of carbonyl (C=O) groups excluding carboxylic acids is 1. The molecule has 0 spiro atoms. The Morgan fingerprint density at radius 1 is 1.31 bits per heavy atom. The van der Waals surface area contributed by atoms with Crippen molar-refractivity contribution in [3.8, 4) is 0 Å². The number of amides is 1. The Hall–Kier alpha value is -2.23. The highest BCUT2D eigenvalue weighted by Gasteiger charge is 2.34. The van der Waals surface area contributed by atoms with Crippen LogP contribution >= 0.6 is 0 Å². The molecule has 2 aromatic rings. The van der Waals surface area contributed by atoms with Crippen LogP contribution in [0.1, 0.15) is 17.8 Å². The van der Waals surface area contributed by atoms with Crippen molar-refractivity contribution >= 4 is 15.9 Å². The molecule has 0 saturated carbocycles. The fourth-order valence-corrected chi connectivity index (χ4v) is 4.72. The lowest BCUT2D eigenvalue weighted by molar-refractivity contribution is -0.135. The molecule has 1 saturated heterocycles. The smallest absolute Gasteiger partial charge is 0.248 e. The molecule has 0 bridgehead atoms. The minimum atomic E-state index is -3.39. The van der Waals surface area contributed by atoms with Gasteiger partial charge in [0.15, 0.2) is 0 Å². The lowest BCUT2D eigenvalue weighted by Gasteiger charge is -2.27. The fourth-order valence-electron chi connectivity index (χ4n) is 3.59. The molecular weight excluding hydrogens is 392 g/mol. The number of likely N-dealkylation sites (tertiary alicyclic amines) is 1. The summed E-state index contributed by atoms with van der Waals surface area (Å²) in [5.41, 5.74) is 1.01. The molecule has 9 heteroatoms. The first-order valence-corrected chi connectivity index (χ1v) is 11.5. The van der Waals surface area contributed by atoms with Crippen LogP contribution in [0.4, 0.5) is 0 Å². The first-order valence-electron chi connectivity index (χ1n) is 9.68. The standard InChI is InChI=1S/C20H28N4O4S/c1-17-21-9-11-22(17)12-13-24(29(2,26)27)19-8-10-23(14-19)20(25)16-28-15-18-6-4-3-5-7-18/h3-7,9,11,19H,8,10,12-16H2,1-2H3. The molecule has 29 heavy (non-hydrogen) atoms. The highest BCUT2D eigenvalue weighted by Crippen LogP contribution is 2.19. The summed E-state index contributed by atoms with van der Waals surface area (Å²) in [4.78, 5) is 18.3. The van der Waals surface area contributed by atoms with Gasteiger partial charge in [-0.25, -0.2) is 13.4 Å². The first-order chi connectivity index (χ1) is 13.8. The summed E-state index contributed by atoms with van der Waals surface area (Å²) in [5.74, 6) is 0.736. The van der Waals surface area contributed by atoms with E-state index in [-0.39, 0.29) is 18.6 Å². The quantitative estimate of drug-likeness (QED) is 0.610. The van der Waals surface area contributed by atoms with Gasteiger partial charge in [0.25, 0.3) is 0 Å². The van der Waals surface area contributed by atoms with Gasteiger partial charge in [-0.3, -0.25) is 4.79 Å². The SMILES string of the molecule is Cc1nccn1CCN(C1CCN(C(=O)COCc2ccccc2)C1)S(C)(=O)=O. The molecule has 1 aliphatic heterocycles. The summed E-state index contributed by atoms with van der Waals surface area (Å²) in [6, 6.07) is 9.46. The molecule has 1 aromatic heterocycles. The van der Waals surface area contributed by atoms with E-state index in [1.807, 2.05) is 48.0 Å². The number of sulfonamides is 1. The first kappa shape index (κ1) is 21.5. The third kappa shape index (κ3) is 5.88. The highest BCUT2D eigenvalue weighted by molar-refractivity contribution is 7.88. The van der Waals surface area contributed by atoms with E-state index in [1.165, 1.54) is 10.6 Å².